The van der Waals surface area contributed by atoms with Gasteiger partial charge in [-0.15, -0.1) is 0 Å². The van der Waals surface area contributed by atoms with Crippen molar-refractivity contribution in [1.29, 1.82) is 0 Å². The van der Waals surface area contributed by atoms with Gasteiger partial charge in [-0.25, -0.2) is 16.5 Å². The summed E-state index contributed by atoms with van der Waals surface area (Å²) in [5, 5.41) is 6.13. The number of urea groups is 1. The molecule has 0 aromatic rings. The first-order chi connectivity index (χ1) is 25.5. The van der Waals surface area contributed by atoms with E-state index in [4.69, 9.17) is 27.1 Å². The Bertz CT molecular complexity index is 1250. The number of hydrogen-bond acceptors (Lipinski definition) is 12. The van der Waals surface area contributed by atoms with Crippen molar-refractivity contribution in [2.24, 2.45) is 35.3 Å². The highest BCUT2D eigenvalue weighted by Gasteiger charge is 2.40. The van der Waals surface area contributed by atoms with Crippen LogP contribution in [0.5, 0.6) is 0 Å². The molecule has 16 nitrogen and oxygen atoms in total. The first kappa shape index (κ1) is 45.5. The molecule has 3 aliphatic carbocycles. The molecule has 3 fully saturated rings. The van der Waals surface area contributed by atoms with Crippen molar-refractivity contribution < 1.29 is 38.3 Å². The summed E-state index contributed by atoms with van der Waals surface area (Å²) in [5.41, 5.74) is -0.969. The van der Waals surface area contributed by atoms with Gasteiger partial charge in [0.1, 0.15) is 0 Å². The van der Waals surface area contributed by atoms with Crippen LogP contribution < -0.4 is 22.9 Å². The number of carbonyl (C=O) groups is 5. The molecule has 16 heteroatoms. The molecule has 0 heterocycles. The quantitative estimate of drug-likeness (QED) is 0.0900. The van der Waals surface area contributed by atoms with Crippen molar-refractivity contribution in [3.63, 3.8) is 0 Å². The predicted octanol–water partition coefficient (Wildman–Crippen LogP) is 2.63. The number of ketones is 1. The third-order valence-electron chi connectivity index (χ3n) is 11.9. The van der Waals surface area contributed by atoms with E-state index in [2.05, 4.69) is 17.1 Å². The highest BCUT2D eigenvalue weighted by atomic mass is 16.7. The van der Waals surface area contributed by atoms with Crippen molar-refractivity contribution in [3.05, 3.63) is 0 Å². The molecule has 5 unspecified atom stereocenters. The van der Waals surface area contributed by atoms with Gasteiger partial charge in [-0.2, -0.15) is 5.90 Å². The predicted molar refractivity (Wildman–Crippen MR) is 204 cm³/mol. The molecule has 0 aliphatic heterocycles. The maximum absolute atomic E-state index is 14.0. The van der Waals surface area contributed by atoms with E-state index in [1.807, 2.05) is 27.7 Å². The first-order valence-electron chi connectivity index (χ1n) is 20.0. The lowest BCUT2D eigenvalue weighted by Crippen LogP contribution is -2.60. The highest BCUT2D eigenvalue weighted by Crippen LogP contribution is 2.31. The minimum atomic E-state index is -0.969. The standard InChI is InChI=1S/C38H70N8O8/c1-25(2)18-20-43(34(48)24-44(21-19-35(49)54-41)36(50)30-17-16-29(52-6)22-32(30)53-7)23-33(47)38(4,5)42-27-12-14-28(15-13-27)45(39)37(51)46(40)31-11-9-8-10-26(31)3/h25-32,42H,8-24,39-41H2,1-7H3. The fraction of sp³-hybridized carbons (Fsp3) is 0.868. The Morgan fingerprint density at radius 3 is 2.09 bits per heavy atom. The van der Waals surface area contributed by atoms with Crippen LogP contribution in [0.2, 0.25) is 0 Å². The number of hydrogen-bond donors (Lipinski definition) is 4. The highest BCUT2D eigenvalue weighted by molar-refractivity contribution is 5.93. The van der Waals surface area contributed by atoms with E-state index in [0.29, 0.717) is 63.8 Å². The van der Waals surface area contributed by atoms with Crippen LogP contribution in [0.25, 0.3) is 0 Å². The topological polar surface area (TPSA) is 216 Å². The van der Waals surface area contributed by atoms with Crippen LogP contribution in [0.15, 0.2) is 0 Å². The van der Waals surface area contributed by atoms with Gasteiger partial charge < -0.3 is 29.4 Å². The van der Waals surface area contributed by atoms with Crippen molar-refractivity contribution in [1.82, 2.24) is 25.1 Å². The van der Waals surface area contributed by atoms with Crippen LogP contribution in [-0.2, 0) is 33.5 Å². The molecule has 310 valence electrons. The van der Waals surface area contributed by atoms with Crippen LogP contribution in [0.1, 0.15) is 118 Å². The molecule has 3 aliphatic rings. The minimum absolute atomic E-state index is 0.00760. The second kappa shape index (κ2) is 21.4. The summed E-state index contributed by atoms with van der Waals surface area (Å²) >= 11 is 0. The number of rotatable bonds is 18. The van der Waals surface area contributed by atoms with Crippen molar-refractivity contribution in [2.45, 2.75) is 154 Å². The number of carbonyl (C=O) groups excluding carboxylic acids is 5. The van der Waals surface area contributed by atoms with Gasteiger partial charge >= 0.3 is 12.0 Å². The third-order valence-corrected chi connectivity index (χ3v) is 11.9. The summed E-state index contributed by atoms with van der Waals surface area (Å²) in [6, 6.07) is -0.525. The summed E-state index contributed by atoms with van der Waals surface area (Å²) in [7, 11) is 3.18. The van der Waals surface area contributed by atoms with Gasteiger partial charge in [0.05, 0.1) is 55.3 Å². The van der Waals surface area contributed by atoms with Gasteiger partial charge in [0.25, 0.3) is 0 Å². The number of nitrogens with zero attached hydrogens (tertiary/aromatic N) is 4. The molecule has 0 saturated heterocycles. The van der Waals surface area contributed by atoms with Crippen LogP contribution in [-0.4, -0.2) is 126 Å². The van der Waals surface area contributed by atoms with E-state index < -0.39 is 29.4 Å². The number of nitrogens with one attached hydrogen (secondary N) is 1. The van der Waals surface area contributed by atoms with Gasteiger partial charge in [-0.1, -0.05) is 33.6 Å². The molecule has 3 saturated carbocycles. The van der Waals surface area contributed by atoms with Gasteiger partial charge in [-0.05, 0) is 83.5 Å². The minimum Gasteiger partial charge on any atom is -0.381 e. The summed E-state index contributed by atoms with van der Waals surface area (Å²) in [4.78, 5) is 74.3. The number of nitrogens with two attached hydrogens (primary N) is 3. The molecule has 0 aromatic carbocycles. The molecule has 54 heavy (non-hydrogen) atoms. The Morgan fingerprint density at radius 1 is 0.833 bits per heavy atom. The lowest BCUT2D eigenvalue weighted by atomic mass is 9.83. The molecule has 0 radical (unpaired) electrons. The van der Waals surface area contributed by atoms with Gasteiger partial charge in [-0.3, -0.25) is 29.2 Å². The maximum atomic E-state index is 14.0. The SMILES string of the molecule is COC1CCC(C(=O)N(CCC(=O)ON)CC(=O)N(CCC(C)C)CC(=O)C(C)(C)NC2CCC(N(N)C(=O)N(N)C3CCCCC3C)CC2)C(OC)C1. The Balaban J connectivity index is 1.64. The monoisotopic (exact) mass is 767 g/mol. The Kier molecular flexibility index (Phi) is 18.0. The summed E-state index contributed by atoms with van der Waals surface area (Å²) in [6.45, 7) is 9.64. The molecule has 5 atom stereocenters. The normalized spacial score (nSPS) is 26.2. The van der Waals surface area contributed by atoms with E-state index in [1.165, 1.54) is 19.8 Å². The van der Waals surface area contributed by atoms with Gasteiger partial charge in [0, 0.05) is 39.8 Å². The zero-order valence-corrected chi connectivity index (χ0v) is 33.9. The van der Waals surface area contributed by atoms with Crippen LogP contribution in [0.3, 0.4) is 0 Å². The fourth-order valence-electron chi connectivity index (χ4n) is 8.21. The van der Waals surface area contributed by atoms with Crippen LogP contribution >= 0.6 is 0 Å². The molecule has 3 rings (SSSR count). The third kappa shape index (κ3) is 12.8. The zero-order valence-electron chi connectivity index (χ0n) is 33.9. The largest absolute Gasteiger partial charge is 0.381 e. The van der Waals surface area contributed by atoms with Crippen molar-refractivity contribution >= 4 is 29.6 Å². The van der Waals surface area contributed by atoms with E-state index in [1.54, 1.807) is 14.2 Å². The molecule has 0 bridgehead atoms. The number of amides is 4. The molecule has 0 aromatic heterocycles. The smallest absolute Gasteiger partial charge is 0.348 e. The second-order valence-electron chi connectivity index (χ2n) is 16.7. The Morgan fingerprint density at radius 2 is 1.50 bits per heavy atom. The number of methoxy groups -OCH3 is 2. The van der Waals surface area contributed by atoms with E-state index >= 15 is 0 Å². The molecule has 7 N–H and O–H groups in total. The number of ether oxygens (including phenoxy) is 2. The fourth-order valence-corrected chi connectivity index (χ4v) is 8.21. The van der Waals surface area contributed by atoms with Crippen LogP contribution in [0.4, 0.5) is 4.79 Å². The second-order valence-corrected chi connectivity index (χ2v) is 16.7. The lowest BCUT2D eigenvalue weighted by molar-refractivity contribution is -0.152. The van der Waals surface area contributed by atoms with Gasteiger partial charge in [0.15, 0.2) is 5.78 Å². The van der Waals surface area contributed by atoms with E-state index in [9.17, 15) is 24.0 Å². The summed E-state index contributed by atoms with van der Waals surface area (Å²) in [5.74, 6) is 16.2. The summed E-state index contributed by atoms with van der Waals surface area (Å²) in [6.07, 6.45) is 8.57. The van der Waals surface area contributed by atoms with Crippen molar-refractivity contribution in [2.75, 3.05) is 40.4 Å². The Labute approximate surface area is 322 Å². The Hall–Kier alpha value is -2.89. The maximum Gasteiger partial charge on any atom is 0.348 e. The molecular weight excluding hydrogens is 696 g/mol. The molecule has 4 amide bonds. The van der Waals surface area contributed by atoms with Crippen LogP contribution in [0, 0.1) is 17.8 Å². The zero-order chi connectivity index (χ0) is 40.2. The average molecular weight is 767 g/mol. The number of Topliss-reactive ketones (excluding diaryl/α,β-unsaturated/α-hetero) is 1. The molecule has 0 spiro atoms. The number of hydrazine groups is 2. The first-order valence-corrected chi connectivity index (χ1v) is 20.0. The van der Waals surface area contributed by atoms with E-state index in [0.717, 1.165) is 25.7 Å². The van der Waals surface area contributed by atoms with Gasteiger partial charge in [0.2, 0.25) is 11.8 Å². The van der Waals surface area contributed by atoms with E-state index in [-0.39, 0.29) is 73.9 Å². The molecular formula is C38H70N8O8. The van der Waals surface area contributed by atoms with Crippen molar-refractivity contribution in [3.8, 4) is 0 Å². The summed E-state index contributed by atoms with van der Waals surface area (Å²) < 4.78 is 11.2. The average Bonchev–Trinajstić information content (AvgIpc) is 3.16. The lowest BCUT2D eigenvalue weighted by Gasteiger charge is -2.41.